The van der Waals surface area contributed by atoms with Crippen molar-refractivity contribution in [2.45, 2.75) is 38.3 Å². The van der Waals surface area contributed by atoms with Gasteiger partial charge in [0, 0.05) is 6.42 Å². The molecule has 0 spiro atoms. The predicted octanol–water partition coefficient (Wildman–Crippen LogP) is 1.93. The highest BCUT2D eigenvalue weighted by atomic mass is 16.5. The second-order valence-electron chi connectivity index (χ2n) is 8.58. The zero-order valence-corrected chi connectivity index (χ0v) is 19.1. The largest absolute Gasteiger partial charge is 0.490 e. The fourth-order valence-electron chi connectivity index (χ4n) is 4.04. The van der Waals surface area contributed by atoms with Crippen LogP contribution in [0.1, 0.15) is 31.4 Å². The van der Waals surface area contributed by atoms with Gasteiger partial charge in [0.05, 0.1) is 19.3 Å². The summed E-state index contributed by atoms with van der Waals surface area (Å²) in [4.78, 5) is 51.5. The molecule has 2 atom stereocenters. The number of carbonyl (C=O) groups is 4. The molecule has 4 amide bonds. The Balaban J connectivity index is 1.46. The minimum Gasteiger partial charge on any atom is -0.490 e. The molecule has 0 aromatic heterocycles. The van der Waals surface area contributed by atoms with Crippen LogP contribution in [0.15, 0.2) is 48.5 Å². The summed E-state index contributed by atoms with van der Waals surface area (Å²) in [6.07, 6.45) is 1.06. The summed E-state index contributed by atoms with van der Waals surface area (Å²) in [5, 5.41) is 5.33. The van der Waals surface area contributed by atoms with E-state index in [1.54, 1.807) is 25.1 Å². The number of Topliss-reactive ketones (excluding diaryl/α,β-unsaturated/α-hetero) is 1. The topological polar surface area (TPSA) is 114 Å². The van der Waals surface area contributed by atoms with Gasteiger partial charge in [0.15, 0.2) is 17.3 Å². The number of ether oxygens (including phenoxy) is 2. The number of urea groups is 1. The van der Waals surface area contributed by atoms with Gasteiger partial charge in [-0.15, -0.1) is 0 Å². The van der Waals surface area contributed by atoms with E-state index in [0.29, 0.717) is 36.7 Å². The first kappa shape index (κ1) is 23.3. The standard InChI is InChI=1S/C25H27N3O6/c1-16(29)19(13-17-7-4-3-5-8-17)26-22(30)15-28-23(31)25(2,27-24(28)32)18-9-10-20-21(14-18)34-12-6-11-33-20/h3-5,7-10,14,19H,6,11-13,15H2,1-2H3,(H,26,30)(H,27,32)/t19-,25-/m1/s1. The third kappa shape index (κ3) is 4.73. The summed E-state index contributed by atoms with van der Waals surface area (Å²) in [5.41, 5.74) is 0.0372. The number of rotatable bonds is 7. The van der Waals surface area contributed by atoms with Crippen molar-refractivity contribution in [2.24, 2.45) is 0 Å². The first-order valence-corrected chi connectivity index (χ1v) is 11.2. The minimum absolute atomic E-state index is 0.216. The van der Waals surface area contributed by atoms with Crippen LogP contribution in [0, 0.1) is 0 Å². The van der Waals surface area contributed by atoms with Crippen LogP contribution in [0.25, 0.3) is 0 Å². The molecule has 0 saturated carbocycles. The zero-order chi connectivity index (χ0) is 24.3. The zero-order valence-electron chi connectivity index (χ0n) is 19.1. The molecule has 2 N–H and O–H groups in total. The molecular formula is C25H27N3O6. The third-order valence-electron chi connectivity index (χ3n) is 6.01. The van der Waals surface area contributed by atoms with Crippen LogP contribution in [0.2, 0.25) is 0 Å². The quantitative estimate of drug-likeness (QED) is 0.604. The Labute approximate surface area is 197 Å². The molecule has 0 aliphatic carbocycles. The summed E-state index contributed by atoms with van der Waals surface area (Å²) in [6, 6.07) is 12.9. The first-order chi connectivity index (χ1) is 16.3. The molecule has 2 aliphatic rings. The van der Waals surface area contributed by atoms with Gasteiger partial charge in [-0.1, -0.05) is 36.4 Å². The van der Waals surface area contributed by atoms with Crippen LogP contribution in [-0.4, -0.2) is 54.3 Å². The smallest absolute Gasteiger partial charge is 0.325 e. The van der Waals surface area contributed by atoms with Crippen molar-refractivity contribution in [2.75, 3.05) is 19.8 Å². The number of ketones is 1. The first-order valence-electron chi connectivity index (χ1n) is 11.2. The number of hydrogen-bond acceptors (Lipinski definition) is 6. The number of fused-ring (bicyclic) bond motifs is 1. The summed E-state index contributed by atoms with van der Waals surface area (Å²) in [5.74, 6) is -0.301. The van der Waals surface area contributed by atoms with E-state index in [1.807, 2.05) is 30.3 Å². The average Bonchev–Trinajstić information content (AvgIpc) is 2.97. The van der Waals surface area contributed by atoms with E-state index in [0.717, 1.165) is 16.9 Å². The van der Waals surface area contributed by atoms with Gasteiger partial charge in [0.2, 0.25) is 5.91 Å². The summed E-state index contributed by atoms with van der Waals surface area (Å²) >= 11 is 0. The lowest BCUT2D eigenvalue weighted by atomic mass is 9.91. The fraction of sp³-hybridized carbons (Fsp3) is 0.360. The lowest BCUT2D eigenvalue weighted by Gasteiger charge is -2.23. The Bertz CT molecular complexity index is 1120. The molecule has 2 aliphatic heterocycles. The van der Waals surface area contributed by atoms with E-state index in [9.17, 15) is 19.2 Å². The van der Waals surface area contributed by atoms with Gasteiger partial charge >= 0.3 is 6.03 Å². The number of nitrogens with zero attached hydrogens (tertiary/aromatic N) is 1. The molecule has 2 aromatic rings. The Kier molecular flexibility index (Phi) is 6.54. The molecule has 0 unspecified atom stereocenters. The molecule has 34 heavy (non-hydrogen) atoms. The summed E-state index contributed by atoms with van der Waals surface area (Å²) in [7, 11) is 0. The van der Waals surface area contributed by atoms with Crippen molar-refractivity contribution in [1.29, 1.82) is 0 Å². The highest BCUT2D eigenvalue weighted by molar-refractivity contribution is 6.09. The lowest BCUT2D eigenvalue weighted by molar-refractivity contribution is -0.135. The van der Waals surface area contributed by atoms with Gasteiger partial charge in [-0.3, -0.25) is 19.3 Å². The third-order valence-corrected chi connectivity index (χ3v) is 6.01. The summed E-state index contributed by atoms with van der Waals surface area (Å²) < 4.78 is 11.3. The van der Waals surface area contributed by atoms with E-state index in [4.69, 9.17) is 9.47 Å². The van der Waals surface area contributed by atoms with E-state index < -0.39 is 36.0 Å². The molecule has 0 radical (unpaired) electrons. The number of amides is 4. The highest BCUT2D eigenvalue weighted by Crippen LogP contribution is 2.36. The van der Waals surface area contributed by atoms with Gasteiger partial charge in [-0.05, 0) is 43.5 Å². The number of hydrogen-bond donors (Lipinski definition) is 2. The lowest BCUT2D eigenvalue weighted by Crippen LogP contribution is -2.48. The molecule has 9 nitrogen and oxygen atoms in total. The molecule has 178 valence electrons. The number of nitrogens with one attached hydrogen (secondary N) is 2. The van der Waals surface area contributed by atoms with Crippen LogP contribution in [0.4, 0.5) is 4.79 Å². The molecule has 1 saturated heterocycles. The Hall–Kier alpha value is -3.88. The van der Waals surface area contributed by atoms with Gasteiger partial charge in [-0.2, -0.15) is 0 Å². The maximum absolute atomic E-state index is 13.2. The monoisotopic (exact) mass is 465 g/mol. The van der Waals surface area contributed by atoms with Crippen molar-refractivity contribution in [1.82, 2.24) is 15.5 Å². The number of imide groups is 1. The Morgan fingerprint density at radius 3 is 2.50 bits per heavy atom. The molecule has 2 aromatic carbocycles. The number of carbonyl (C=O) groups excluding carboxylic acids is 4. The molecular weight excluding hydrogens is 438 g/mol. The van der Waals surface area contributed by atoms with Gasteiger partial charge in [0.1, 0.15) is 12.1 Å². The second-order valence-corrected chi connectivity index (χ2v) is 8.58. The Morgan fingerprint density at radius 1 is 1.09 bits per heavy atom. The minimum atomic E-state index is -1.37. The normalized spacial score (nSPS) is 20.4. The van der Waals surface area contributed by atoms with E-state index in [1.165, 1.54) is 6.92 Å². The molecule has 9 heteroatoms. The molecule has 2 heterocycles. The van der Waals surface area contributed by atoms with Crippen molar-refractivity contribution in [3.8, 4) is 11.5 Å². The highest BCUT2D eigenvalue weighted by Gasteiger charge is 2.50. The van der Waals surface area contributed by atoms with Crippen molar-refractivity contribution in [3.63, 3.8) is 0 Å². The molecule has 4 rings (SSSR count). The van der Waals surface area contributed by atoms with Crippen LogP contribution < -0.4 is 20.1 Å². The maximum Gasteiger partial charge on any atom is 0.325 e. The van der Waals surface area contributed by atoms with Gasteiger partial charge in [-0.25, -0.2) is 4.79 Å². The van der Waals surface area contributed by atoms with Gasteiger partial charge < -0.3 is 20.1 Å². The average molecular weight is 466 g/mol. The van der Waals surface area contributed by atoms with Crippen LogP contribution in [0.5, 0.6) is 11.5 Å². The predicted molar refractivity (Wildman–Crippen MR) is 122 cm³/mol. The SMILES string of the molecule is CC(=O)[C@@H](Cc1ccccc1)NC(=O)CN1C(=O)N[C@](C)(c2ccc3c(c2)OCCCO3)C1=O. The molecule has 0 bridgehead atoms. The van der Waals surface area contributed by atoms with Crippen LogP contribution >= 0.6 is 0 Å². The number of benzene rings is 2. The molecule has 1 fully saturated rings. The van der Waals surface area contributed by atoms with Gasteiger partial charge in [0.25, 0.3) is 5.91 Å². The van der Waals surface area contributed by atoms with Crippen molar-refractivity contribution < 1.29 is 28.7 Å². The van der Waals surface area contributed by atoms with E-state index >= 15 is 0 Å². The second kappa shape index (κ2) is 9.54. The van der Waals surface area contributed by atoms with Crippen molar-refractivity contribution >= 4 is 23.6 Å². The van der Waals surface area contributed by atoms with Crippen molar-refractivity contribution in [3.05, 3.63) is 59.7 Å². The Morgan fingerprint density at radius 2 is 1.79 bits per heavy atom. The van der Waals surface area contributed by atoms with Crippen LogP contribution in [0.3, 0.4) is 0 Å². The maximum atomic E-state index is 13.2. The van der Waals surface area contributed by atoms with Crippen LogP contribution in [-0.2, 0) is 26.3 Å². The fourth-order valence-corrected chi connectivity index (χ4v) is 4.04. The van der Waals surface area contributed by atoms with E-state index in [-0.39, 0.29) is 5.78 Å². The van der Waals surface area contributed by atoms with E-state index in [2.05, 4.69) is 10.6 Å². The summed E-state index contributed by atoms with van der Waals surface area (Å²) in [6.45, 7) is 3.50.